The molecule has 0 bridgehead atoms. The number of nitrogens with two attached hydrogens (primary N) is 1. The van der Waals surface area contributed by atoms with E-state index in [2.05, 4.69) is 14.6 Å². The van der Waals surface area contributed by atoms with Crippen LogP contribution in [0.3, 0.4) is 0 Å². The van der Waals surface area contributed by atoms with Crippen molar-refractivity contribution in [3.63, 3.8) is 0 Å². The van der Waals surface area contributed by atoms with Crippen LogP contribution in [0.4, 0.5) is 5.00 Å². The van der Waals surface area contributed by atoms with Gasteiger partial charge in [0.05, 0.1) is 16.4 Å². The van der Waals surface area contributed by atoms with Crippen LogP contribution >= 0.6 is 34.1 Å². The Morgan fingerprint density at radius 2 is 2.40 bits per heavy atom. The Hall–Kier alpha value is -1.03. The van der Waals surface area contributed by atoms with E-state index in [0.717, 1.165) is 11.5 Å². The first-order valence-corrected chi connectivity index (χ1v) is 5.80. The molecule has 0 fully saturated rings. The van der Waals surface area contributed by atoms with E-state index in [4.69, 9.17) is 5.73 Å². The van der Waals surface area contributed by atoms with Crippen LogP contribution in [0.1, 0.15) is 5.69 Å². The zero-order valence-corrected chi connectivity index (χ0v) is 10.4. The standard InChI is InChI=1S/C7H6IN5OS/c8-4-1-10-3-13(7(4)14)2-5-6(9)15-12-11-5/h1,3H,2,9H2. The van der Waals surface area contributed by atoms with E-state index in [1.807, 2.05) is 22.6 Å². The van der Waals surface area contributed by atoms with Crippen molar-refractivity contribution in [1.82, 2.24) is 19.1 Å². The molecular weight excluding hydrogens is 329 g/mol. The molecule has 8 heteroatoms. The van der Waals surface area contributed by atoms with Crippen LogP contribution in [-0.4, -0.2) is 19.1 Å². The lowest BCUT2D eigenvalue weighted by Crippen LogP contribution is -2.23. The monoisotopic (exact) mass is 335 g/mol. The fourth-order valence-electron chi connectivity index (χ4n) is 1.02. The lowest BCUT2D eigenvalue weighted by molar-refractivity contribution is 0.712. The summed E-state index contributed by atoms with van der Waals surface area (Å²) in [6.07, 6.45) is 2.98. The van der Waals surface area contributed by atoms with Crippen molar-refractivity contribution in [3.05, 3.63) is 32.1 Å². The SMILES string of the molecule is Nc1snnc1Cn1cncc(I)c1=O. The third kappa shape index (κ3) is 2.15. The number of hydrogen-bond acceptors (Lipinski definition) is 6. The van der Waals surface area contributed by atoms with Gasteiger partial charge >= 0.3 is 0 Å². The van der Waals surface area contributed by atoms with Crippen LogP contribution in [0.5, 0.6) is 0 Å². The first kappa shape index (κ1) is 10.5. The number of halogens is 1. The van der Waals surface area contributed by atoms with Gasteiger partial charge in [0, 0.05) is 17.7 Å². The van der Waals surface area contributed by atoms with Gasteiger partial charge in [0.2, 0.25) is 0 Å². The van der Waals surface area contributed by atoms with E-state index in [-0.39, 0.29) is 5.56 Å². The molecule has 15 heavy (non-hydrogen) atoms. The third-order valence-corrected chi connectivity index (χ3v) is 3.10. The Bertz CT molecular complexity index is 536. The normalized spacial score (nSPS) is 10.5. The maximum absolute atomic E-state index is 11.6. The molecular formula is C7H6IN5OS. The zero-order valence-electron chi connectivity index (χ0n) is 7.42. The predicted octanol–water partition coefficient (Wildman–Crippen LogP) is 0.330. The summed E-state index contributed by atoms with van der Waals surface area (Å²) in [6, 6.07) is 0. The number of nitrogen functional groups attached to an aromatic ring is 1. The molecule has 2 aromatic heterocycles. The molecule has 0 atom stereocenters. The highest BCUT2D eigenvalue weighted by Gasteiger charge is 2.07. The topological polar surface area (TPSA) is 86.7 Å². The van der Waals surface area contributed by atoms with Gasteiger partial charge in [-0.25, -0.2) is 4.98 Å². The van der Waals surface area contributed by atoms with Gasteiger partial charge in [-0.15, -0.1) is 5.10 Å². The second-order valence-electron chi connectivity index (χ2n) is 2.76. The molecule has 0 saturated heterocycles. The second kappa shape index (κ2) is 4.23. The van der Waals surface area contributed by atoms with Gasteiger partial charge in [0.1, 0.15) is 10.7 Å². The number of nitrogens with zero attached hydrogens (tertiary/aromatic N) is 4. The second-order valence-corrected chi connectivity index (χ2v) is 4.71. The highest BCUT2D eigenvalue weighted by molar-refractivity contribution is 14.1. The van der Waals surface area contributed by atoms with Crippen LogP contribution in [0, 0.1) is 3.57 Å². The van der Waals surface area contributed by atoms with E-state index in [9.17, 15) is 4.79 Å². The molecule has 2 rings (SSSR count). The number of hydrogen-bond donors (Lipinski definition) is 1. The molecule has 6 nitrogen and oxygen atoms in total. The first-order valence-electron chi connectivity index (χ1n) is 3.95. The highest BCUT2D eigenvalue weighted by Crippen LogP contribution is 2.12. The number of rotatable bonds is 2. The Morgan fingerprint density at radius 1 is 1.60 bits per heavy atom. The lowest BCUT2D eigenvalue weighted by Gasteiger charge is -2.02. The molecule has 0 saturated carbocycles. The molecule has 0 aromatic carbocycles. The molecule has 0 amide bonds. The summed E-state index contributed by atoms with van der Waals surface area (Å²) in [5.74, 6) is 0. The van der Waals surface area contributed by atoms with E-state index >= 15 is 0 Å². The van der Waals surface area contributed by atoms with Crippen molar-refractivity contribution >= 4 is 39.1 Å². The fraction of sp³-hybridized carbons (Fsp3) is 0.143. The van der Waals surface area contributed by atoms with Crippen molar-refractivity contribution in [2.75, 3.05) is 5.73 Å². The van der Waals surface area contributed by atoms with Gasteiger partial charge in [-0.2, -0.15) is 0 Å². The number of anilines is 1. The molecule has 2 heterocycles. The molecule has 2 aromatic rings. The summed E-state index contributed by atoms with van der Waals surface area (Å²) < 4.78 is 5.72. The molecule has 0 aliphatic rings. The summed E-state index contributed by atoms with van der Waals surface area (Å²) in [6.45, 7) is 0.311. The van der Waals surface area contributed by atoms with Crippen LogP contribution in [-0.2, 0) is 6.54 Å². The Morgan fingerprint density at radius 3 is 3.07 bits per heavy atom. The first-order chi connectivity index (χ1) is 7.18. The van der Waals surface area contributed by atoms with Gasteiger partial charge in [-0.1, -0.05) is 4.49 Å². The van der Waals surface area contributed by atoms with E-state index < -0.39 is 0 Å². The molecule has 0 spiro atoms. The summed E-state index contributed by atoms with van der Waals surface area (Å²) in [5.41, 5.74) is 6.14. The maximum Gasteiger partial charge on any atom is 0.267 e. The van der Waals surface area contributed by atoms with Crippen molar-refractivity contribution in [2.45, 2.75) is 6.54 Å². The average molecular weight is 335 g/mol. The van der Waals surface area contributed by atoms with Crippen molar-refractivity contribution in [1.29, 1.82) is 0 Å². The molecule has 0 radical (unpaired) electrons. The Kier molecular flexibility index (Phi) is 2.95. The molecule has 78 valence electrons. The summed E-state index contributed by atoms with van der Waals surface area (Å²) in [5, 5.41) is 4.36. The summed E-state index contributed by atoms with van der Waals surface area (Å²) in [7, 11) is 0. The summed E-state index contributed by atoms with van der Waals surface area (Å²) >= 11 is 3.05. The van der Waals surface area contributed by atoms with E-state index in [1.54, 1.807) is 0 Å². The van der Waals surface area contributed by atoms with Crippen LogP contribution in [0.15, 0.2) is 17.3 Å². The number of aromatic nitrogens is 4. The van der Waals surface area contributed by atoms with Crippen molar-refractivity contribution < 1.29 is 0 Å². The van der Waals surface area contributed by atoms with Gasteiger partial charge in [-0.3, -0.25) is 9.36 Å². The quantitative estimate of drug-likeness (QED) is 0.800. The minimum atomic E-state index is -0.0991. The van der Waals surface area contributed by atoms with Gasteiger partial charge in [0.15, 0.2) is 0 Å². The van der Waals surface area contributed by atoms with Crippen LogP contribution in [0.25, 0.3) is 0 Å². The highest BCUT2D eigenvalue weighted by atomic mass is 127. The van der Waals surface area contributed by atoms with Gasteiger partial charge in [-0.05, 0) is 22.6 Å². The minimum absolute atomic E-state index is 0.0991. The fourth-order valence-corrected chi connectivity index (χ4v) is 1.93. The smallest absolute Gasteiger partial charge is 0.267 e. The third-order valence-electron chi connectivity index (χ3n) is 1.76. The van der Waals surface area contributed by atoms with E-state index in [1.165, 1.54) is 17.1 Å². The van der Waals surface area contributed by atoms with Crippen LogP contribution in [0.2, 0.25) is 0 Å². The Labute approximate surface area is 102 Å². The Balaban J connectivity index is 2.37. The minimum Gasteiger partial charge on any atom is -0.388 e. The molecule has 2 N–H and O–H groups in total. The van der Waals surface area contributed by atoms with Gasteiger partial charge in [0.25, 0.3) is 5.56 Å². The maximum atomic E-state index is 11.6. The zero-order chi connectivity index (χ0) is 10.8. The van der Waals surface area contributed by atoms with Crippen molar-refractivity contribution in [2.24, 2.45) is 0 Å². The summed E-state index contributed by atoms with van der Waals surface area (Å²) in [4.78, 5) is 15.6. The van der Waals surface area contributed by atoms with Crippen LogP contribution < -0.4 is 11.3 Å². The lowest BCUT2D eigenvalue weighted by atomic mass is 10.4. The largest absolute Gasteiger partial charge is 0.388 e. The average Bonchev–Trinajstić information content (AvgIpc) is 2.60. The predicted molar refractivity (Wildman–Crippen MR) is 64.6 cm³/mol. The van der Waals surface area contributed by atoms with E-state index in [0.29, 0.717) is 20.8 Å². The van der Waals surface area contributed by atoms with Gasteiger partial charge < -0.3 is 5.73 Å². The molecule has 0 aliphatic heterocycles. The molecule has 0 unspecified atom stereocenters. The molecule has 0 aliphatic carbocycles. The van der Waals surface area contributed by atoms with Crippen molar-refractivity contribution in [3.8, 4) is 0 Å².